The summed E-state index contributed by atoms with van der Waals surface area (Å²) in [6, 6.07) is 13.3. The predicted molar refractivity (Wildman–Crippen MR) is 105 cm³/mol. The van der Waals surface area contributed by atoms with Gasteiger partial charge in [-0.3, -0.25) is 0 Å². The molecule has 0 aliphatic carbocycles. The molecule has 5 nitrogen and oxygen atoms in total. The topological polar surface area (TPSA) is 76.4 Å². The van der Waals surface area contributed by atoms with E-state index in [2.05, 4.69) is 0 Å². The molecule has 142 valence electrons. The summed E-state index contributed by atoms with van der Waals surface area (Å²) >= 11 is 0. The number of hydrogen-bond acceptors (Lipinski definition) is 5. The fourth-order valence-electron chi connectivity index (χ4n) is 2.38. The highest BCUT2D eigenvalue weighted by atomic mass is 32.2. The SMILES string of the molecule is CCCOc1ccc(C=C(C#N)S(=O)(=O)c2ccc(C)cc2)cc1OCC. The van der Waals surface area contributed by atoms with Crippen molar-refractivity contribution in [1.29, 1.82) is 5.26 Å². The first-order chi connectivity index (χ1) is 12.9. The van der Waals surface area contributed by atoms with Gasteiger partial charge in [0.05, 0.1) is 18.1 Å². The van der Waals surface area contributed by atoms with Crippen LogP contribution in [0.15, 0.2) is 52.3 Å². The van der Waals surface area contributed by atoms with E-state index in [-0.39, 0.29) is 9.80 Å². The molecule has 0 saturated carbocycles. The molecule has 0 radical (unpaired) electrons. The Bertz CT molecular complexity index is 955. The number of nitriles is 1. The van der Waals surface area contributed by atoms with Gasteiger partial charge in [0.25, 0.3) is 0 Å². The van der Waals surface area contributed by atoms with Crippen LogP contribution in [0.2, 0.25) is 0 Å². The van der Waals surface area contributed by atoms with Crippen LogP contribution in [0, 0.1) is 18.3 Å². The molecule has 0 bridgehead atoms. The lowest BCUT2D eigenvalue weighted by molar-refractivity contribution is 0.277. The van der Waals surface area contributed by atoms with Crippen LogP contribution in [0.5, 0.6) is 11.5 Å². The zero-order chi connectivity index (χ0) is 19.9. The second-order valence-corrected chi connectivity index (χ2v) is 7.84. The van der Waals surface area contributed by atoms with Gasteiger partial charge in [0.15, 0.2) is 11.5 Å². The van der Waals surface area contributed by atoms with E-state index in [0.29, 0.717) is 30.3 Å². The highest BCUT2D eigenvalue weighted by Gasteiger charge is 2.21. The van der Waals surface area contributed by atoms with Crippen molar-refractivity contribution in [1.82, 2.24) is 0 Å². The van der Waals surface area contributed by atoms with Crippen molar-refractivity contribution in [2.75, 3.05) is 13.2 Å². The number of nitrogens with zero attached hydrogens (tertiary/aromatic N) is 1. The molecule has 0 unspecified atom stereocenters. The Morgan fingerprint density at radius 3 is 2.37 bits per heavy atom. The average Bonchev–Trinajstić information content (AvgIpc) is 2.66. The van der Waals surface area contributed by atoms with Crippen LogP contribution >= 0.6 is 0 Å². The normalized spacial score (nSPS) is 11.7. The third kappa shape index (κ3) is 5.11. The standard InChI is InChI=1S/C21H23NO4S/c1-4-12-26-20-11-8-17(14-21(20)25-5-2)13-19(15-22)27(23,24)18-9-6-16(3)7-10-18/h6-11,13-14H,4-5,12H2,1-3H3. The molecule has 0 saturated heterocycles. The number of ether oxygens (including phenoxy) is 2. The van der Waals surface area contributed by atoms with Gasteiger partial charge in [0, 0.05) is 0 Å². The Labute approximate surface area is 160 Å². The third-order valence-corrected chi connectivity index (χ3v) is 5.44. The van der Waals surface area contributed by atoms with Crippen LogP contribution in [0.4, 0.5) is 0 Å². The number of hydrogen-bond donors (Lipinski definition) is 0. The predicted octanol–water partition coefficient (Wildman–Crippen LogP) is 4.52. The number of benzene rings is 2. The van der Waals surface area contributed by atoms with Crippen LogP contribution in [-0.2, 0) is 9.84 Å². The summed E-state index contributed by atoms with van der Waals surface area (Å²) in [6.07, 6.45) is 2.21. The molecule has 0 aromatic heterocycles. The van der Waals surface area contributed by atoms with Gasteiger partial charge in [-0.25, -0.2) is 8.42 Å². The molecule has 0 N–H and O–H groups in total. The fourth-order valence-corrected chi connectivity index (χ4v) is 3.54. The maximum atomic E-state index is 12.8. The third-order valence-electron chi connectivity index (χ3n) is 3.76. The number of sulfone groups is 1. The van der Waals surface area contributed by atoms with Crippen LogP contribution < -0.4 is 9.47 Å². The van der Waals surface area contributed by atoms with E-state index < -0.39 is 9.84 Å². The van der Waals surface area contributed by atoms with E-state index in [4.69, 9.17) is 9.47 Å². The maximum absolute atomic E-state index is 12.8. The highest BCUT2D eigenvalue weighted by molar-refractivity contribution is 7.95. The summed E-state index contributed by atoms with van der Waals surface area (Å²) in [7, 11) is -3.89. The monoisotopic (exact) mass is 385 g/mol. The van der Waals surface area contributed by atoms with Crippen molar-refractivity contribution >= 4 is 15.9 Å². The lowest BCUT2D eigenvalue weighted by atomic mass is 10.2. The summed E-state index contributed by atoms with van der Waals surface area (Å²) in [5.41, 5.74) is 1.50. The first kappa shape index (κ1) is 20.5. The van der Waals surface area contributed by atoms with Crippen LogP contribution in [0.25, 0.3) is 6.08 Å². The van der Waals surface area contributed by atoms with Crippen molar-refractivity contribution < 1.29 is 17.9 Å². The zero-order valence-electron chi connectivity index (χ0n) is 15.7. The van der Waals surface area contributed by atoms with E-state index in [1.165, 1.54) is 18.2 Å². The van der Waals surface area contributed by atoms with E-state index in [9.17, 15) is 13.7 Å². The molecule has 0 fully saturated rings. The zero-order valence-corrected chi connectivity index (χ0v) is 16.5. The van der Waals surface area contributed by atoms with Gasteiger partial charge in [-0.1, -0.05) is 30.7 Å². The lowest BCUT2D eigenvalue weighted by Crippen LogP contribution is -2.04. The average molecular weight is 385 g/mol. The lowest BCUT2D eigenvalue weighted by Gasteiger charge is -2.12. The molecule has 0 aliphatic heterocycles. The molecule has 0 atom stereocenters. The quantitative estimate of drug-likeness (QED) is 0.624. The maximum Gasteiger partial charge on any atom is 0.216 e. The fraction of sp³-hybridized carbons (Fsp3) is 0.286. The Balaban J connectivity index is 2.43. The first-order valence-corrected chi connectivity index (χ1v) is 10.2. The Morgan fingerprint density at radius 2 is 1.78 bits per heavy atom. The van der Waals surface area contributed by atoms with Gasteiger partial charge in [0.1, 0.15) is 11.0 Å². The van der Waals surface area contributed by atoms with Gasteiger partial charge in [-0.05, 0) is 56.2 Å². The van der Waals surface area contributed by atoms with Gasteiger partial charge in [0.2, 0.25) is 9.84 Å². The Hall–Kier alpha value is -2.78. The second-order valence-electron chi connectivity index (χ2n) is 5.92. The van der Waals surface area contributed by atoms with Crippen LogP contribution in [0.1, 0.15) is 31.4 Å². The highest BCUT2D eigenvalue weighted by Crippen LogP contribution is 2.30. The second kappa shape index (κ2) is 9.24. The number of allylic oxidation sites excluding steroid dienone is 1. The van der Waals surface area contributed by atoms with Crippen molar-refractivity contribution in [3.05, 3.63) is 58.5 Å². The smallest absolute Gasteiger partial charge is 0.216 e. The summed E-state index contributed by atoms with van der Waals surface area (Å²) in [4.78, 5) is -0.232. The Kier molecular flexibility index (Phi) is 7.03. The first-order valence-electron chi connectivity index (χ1n) is 8.75. The molecular formula is C21H23NO4S. The van der Waals surface area contributed by atoms with E-state index in [0.717, 1.165) is 12.0 Å². The molecule has 2 aromatic rings. The minimum atomic E-state index is -3.89. The molecule has 0 aliphatic rings. The molecule has 0 amide bonds. The van der Waals surface area contributed by atoms with Crippen LogP contribution in [0.3, 0.4) is 0 Å². The Morgan fingerprint density at radius 1 is 1.07 bits per heavy atom. The van der Waals surface area contributed by atoms with E-state index in [1.807, 2.05) is 20.8 Å². The molecule has 2 aromatic carbocycles. The van der Waals surface area contributed by atoms with Crippen molar-refractivity contribution in [2.45, 2.75) is 32.1 Å². The molecule has 0 heterocycles. The molecule has 27 heavy (non-hydrogen) atoms. The van der Waals surface area contributed by atoms with E-state index >= 15 is 0 Å². The summed E-state index contributed by atoms with van der Waals surface area (Å²) < 4.78 is 36.7. The summed E-state index contributed by atoms with van der Waals surface area (Å²) in [5.74, 6) is 1.11. The molecule has 2 rings (SSSR count). The van der Waals surface area contributed by atoms with Gasteiger partial charge in [-0.15, -0.1) is 0 Å². The molecule has 6 heteroatoms. The van der Waals surface area contributed by atoms with Crippen LogP contribution in [-0.4, -0.2) is 21.6 Å². The van der Waals surface area contributed by atoms with Crippen molar-refractivity contribution in [2.24, 2.45) is 0 Å². The van der Waals surface area contributed by atoms with E-state index in [1.54, 1.807) is 36.4 Å². The van der Waals surface area contributed by atoms with Gasteiger partial charge in [-0.2, -0.15) is 5.26 Å². The number of rotatable bonds is 8. The summed E-state index contributed by atoms with van der Waals surface area (Å²) in [6.45, 7) is 6.74. The summed E-state index contributed by atoms with van der Waals surface area (Å²) in [5, 5.41) is 9.43. The number of aryl methyl sites for hydroxylation is 1. The van der Waals surface area contributed by atoms with Gasteiger partial charge >= 0.3 is 0 Å². The van der Waals surface area contributed by atoms with Crippen molar-refractivity contribution in [3.8, 4) is 17.6 Å². The minimum absolute atomic E-state index is 0.0915. The van der Waals surface area contributed by atoms with Gasteiger partial charge < -0.3 is 9.47 Å². The molecule has 0 spiro atoms. The van der Waals surface area contributed by atoms with Crippen molar-refractivity contribution in [3.63, 3.8) is 0 Å². The molecular weight excluding hydrogens is 362 g/mol. The largest absolute Gasteiger partial charge is 0.490 e. The minimum Gasteiger partial charge on any atom is -0.490 e.